The van der Waals surface area contributed by atoms with Crippen molar-refractivity contribution in [3.05, 3.63) is 17.8 Å². The number of nitrogens with zero attached hydrogens (tertiary/aromatic N) is 3. The van der Waals surface area contributed by atoms with E-state index in [0.29, 0.717) is 11.8 Å². The molecule has 5 heteroatoms. The minimum atomic E-state index is 0.285. The first-order valence-electron chi connectivity index (χ1n) is 7.91. The van der Waals surface area contributed by atoms with Gasteiger partial charge in [-0.3, -0.25) is 0 Å². The van der Waals surface area contributed by atoms with Gasteiger partial charge in [-0.15, -0.1) is 5.10 Å². The van der Waals surface area contributed by atoms with E-state index in [2.05, 4.69) is 53.3 Å². The third-order valence-corrected chi connectivity index (χ3v) is 4.08. The van der Waals surface area contributed by atoms with Crippen molar-refractivity contribution in [3.63, 3.8) is 0 Å². The van der Waals surface area contributed by atoms with Gasteiger partial charge in [-0.25, -0.2) is 0 Å². The Bertz CT molecular complexity index is 421. The van der Waals surface area contributed by atoms with Gasteiger partial charge in [0.1, 0.15) is 0 Å². The monoisotopic (exact) mass is 292 g/mol. The molecular weight excluding hydrogens is 264 g/mol. The highest BCUT2D eigenvalue weighted by atomic mass is 16.5. The molecule has 0 aromatic carbocycles. The van der Waals surface area contributed by atoms with Gasteiger partial charge in [0.2, 0.25) is 0 Å². The van der Waals surface area contributed by atoms with Crippen LogP contribution in [0.5, 0.6) is 0 Å². The van der Waals surface area contributed by atoms with Gasteiger partial charge in [0.15, 0.2) is 5.82 Å². The molecule has 2 unspecified atom stereocenters. The Balaban J connectivity index is 1.89. The summed E-state index contributed by atoms with van der Waals surface area (Å²) in [4.78, 5) is 2.27. The van der Waals surface area contributed by atoms with Crippen LogP contribution in [-0.4, -0.2) is 43.0 Å². The van der Waals surface area contributed by atoms with Crippen LogP contribution in [0.15, 0.2) is 12.1 Å². The van der Waals surface area contributed by atoms with E-state index in [4.69, 9.17) is 4.74 Å². The molecule has 0 radical (unpaired) electrons. The highest BCUT2D eigenvalue weighted by Gasteiger charge is 2.26. The first-order valence-corrected chi connectivity index (χ1v) is 7.91. The summed E-state index contributed by atoms with van der Waals surface area (Å²) in [5.74, 6) is 2.22. The van der Waals surface area contributed by atoms with E-state index in [-0.39, 0.29) is 6.10 Å². The molecule has 2 rings (SSSR count). The second-order valence-electron chi connectivity index (χ2n) is 6.39. The fourth-order valence-corrected chi connectivity index (χ4v) is 2.65. The lowest BCUT2D eigenvalue weighted by molar-refractivity contribution is 0.0496. The van der Waals surface area contributed by atoms with E-state index in [0.717, 1.165) is 44.1 Å². The van der Waals surface area contributed by atoms with Crippen LogP contribution in [0.2, 0.25) is 0 Å². The van der Waals surface area contributed by atoms with Crippen LogP contribution in [0, 0.1) is 11.8 Å². The molecule has 1 saturated heterocycles. The minimum absolute atomic E-state index is 0.285. The van der Waals surface area contributed by atoms with Gasteiger partial charge in [-0.1, -0.05) is 20.8 Å². The molecule has 1 fully saturated rings. The lowest BCUT2D eigenvalue weighted by Gasteiger charge is -2.36. The number of ether oxygens (including phenoxy) is 1. The standard InChI is InChI=1S/C16H28N4O/c1-12(2)9-17-10-14-5-6-16(19-18-14)20-8-7-13(3)15(11-20)21-4/h5-6,12-13,15,17H,7-11H2,1-4H3. The topological polar surface area (TPSA) is 50.3 Å². The van der Waals surface area contributed by atoms with Crippen molar-refractivity contribution in [2.75, 3.05) is 31.6 Å². The molecule has 0 saturated carbocycles. The maximum Gasteiger partial charge on any atom is 0.151 e. The van der Waals surface area contributed by atoms with Crippen molar-refractivity contribution in [1.82, 2.24) is 15.5 Å². The predicted molar refractivity (Wildman–Crippen MR) is 85.4 cm³/mol. The Kier molecular flexibility index (Phi) is 5.94. The zero-order valence-electron chi connectivity index (χ0n) is 13.7. The van der Waals surface area contributed by atoms with E-state index >= 15 is 0 Å². The van der Waals surface area contributed by atoms with Crippen LogP contribution in [-0.2, 0) is 11.3 Å². The summed E-state index contributed by atoms with van der Waals surface area (Å²) in [6.45, 7) is 10.4. The molecule has 0 amide bonds. The SMILES string of the molecule is COC1CN(c2ccc(CNCC(C)C)nn2)CCC1C. The molecule has 0 spiro atoms. The van der Waals surface area contributed by atoms with E-state index in [1.165, 1.54) is 0 Å². The molecule has 5 nitrogen and oxygen atoms in total. The molecule has 2 atom stereocenters. The van der Waals surface area contributed by atoms with Gasteiger partial charge < -0.3 is 15.0 Å². The zero-order valence-corrected chi connectivity index (χ0v) is 13.7. The van der Waals surface area contributed by atoms with Crippen molar-refractivity contribution in [2.45, 2.75) is 39.8 Å². The number of piperidine rings is 1. The second-order valence-corrected chi connectivity index (χ2v) is 6.39. The molecule has 118 valence electrons. The number of nitrogens with one attached hydrogen (secondary N) is 1. The highest BCUT2D eigenvalue weighted by Crippen LogP contribution is 2.23. The number of hydrogen-bond acceptors (Lipinski definition) is 5. The summed E-state index contributed by atoms with van der Waals surface area (Å²) in [7, 11) is 1.79. The second kappa shape index (κ2) is 7.71. The first kappa shape index (κ1) is 16.2. The van der Waals surface area contributed by atoms with Gasteiger partial charge in [-0.05, 0) is 36.9 Å². The van der Waals surface area contributed by atoms with Crippen LogP contribution < -0.4 is 10.2 Å². The highest BCUT2D eigenvalue weighted by molar-refractivity contribution is 5.38. The molecule has 1 aliphatic rings. The molecular formula is C16H28N4O. The van der Waals surface area contributed by atoms with Gasteiger partial charge in [0, 0.05) is 26.7 Å². The van der Waals surface area contributed by atoms with Crippen molar-refractivity contribution in [2.24, 2.45) is 11.8 Å². The number of methoxy groups -OCH3 is 1. The van der Waals surface area contributed by atoms with Crippen molar-refractivity contribution < 1.29 is 4.74 Å². The Morgan fingerprint density at radius 3 is 2.81 bits per heavy atom. The average Bonchev–Trinajstić information content (AvgIpc) is 2.48. The smallest absolute Gasteiger partial charge is 0.151 e. The lowest BCUT2D eigenvalue weighted by atomic mass is 9.96. The summed E-state index contributed by atoms with van der Waals surface area (Å²) in [6.07, 6.45) is 1.42. The summed E-state index contributed by atoms with van der Waals surface area (Å²) < 4.78 is 5.55. The van der Waals surface area contributed by atoms with Crippen molar-refractivity contribution in [3.8, 4) is 0 Å². The van der Waals surface area contributed by atoms with Gasteiger partial charge in [0.05, 0.1) is 11.8 Å². The summed E-state index contributed by atoms with van der Waals surface area (Å²) >= 11 is 0. The lowest BCUT2D eigenvalue weighted by Crippen LogP contribution is -2.44. The summed E-state index contributed by atoms with van der Waals surface area (Å²) in [5.41, 5.74) is 0.994. The maximum absolute atomic E-state index is 5.55. The zero-order chi connectivity index (χ0) is 15.2. The van der Waals surface area contributed by atoms with Crippen LogP contribution >= 0.6 is 0 Å². The average molecular weight is 292 g/mol. The van der Waals surface area contributed by atoms with Crippen LogP contribution in [0.3, 0.4) is 0 Å². The van der Waals surface area contributed by atoms with Crippen molar-refractivity contribution >= 4 is 5.82 Å². The Labute approximate surface area is 128 Å². The van der Waals surface area contributed by atoms with Gasteiger partial charge in [0.25, 0.3) is 0 Å². The number of rotatable bonds is 6. The summed E-state index contributed by atoms with van der Waals surface area (Å²) in [6, 6.07) is 4.14. The van der Waals surface area contributed by atoms with Crippen LogP contribution in [0.4, 0.5) is 5.82 Å². The number of hydrogen-bond donors (Lipinski definition) is 1. The Morgan fingerprint density at radius 1 is 1.38 bits per heavy atom. The fraction of sp³-hybridized carbons (Fsp3) is 0.750. The Hall–Kier alpha value is -1.20. The number of aromatic nitrogens is 2. The minimum Gasteiger partial charge on any atom is -0.379 e. The van der Waals surface area contributed by atoms with E-state index in [9.17, 15) is 0 Å². The fourth-order valence-electron chi connectivity index (χ4n) is 2.65. The van der Waals surface area contributed by atoms with Crippen LogP contribution in [0.25, 0.3) is 0 Å². The molecule has 1 aromatic heterocycles. The summed E-state index contributed by atoms with van der Waals surface area (Å²) in [5, 5.41) is 12.1. The largest absolute Gasteiger partial charge is 0.379 e. The number of anilines is 1. The van der Waals surface area contributed by atoms with E-state index in [1.54, 1.807) is 7.11 Å². The van der Waals surface area contributed by atoms with E-state index in [1.807, 2.05) is 0 Å². The van der Waals surface area contributed by atoms with Crippen molar-refractivity contribution in [1.29, 1.82) is 0 Å². The predicted octanol–water partition coefficient (Wildman–Crippen LogP) is 2.08. The normalized spacial score (nSPS) is 22.8. The Morgan fingerprint density at radius 2 is 2.19 bits per heavy atom. The third-order valence-electron chi connectivity index (χ3n) is 4.08. The van der Waals surface area contributed by atoms with Gasteiger partial charge >= 0.3 is 0 Å². The first-order chi connectivity index (χ1) is 10.1. The molecule has 1 N–H and O–H groups in total. The molecule has 21 heavy (non-hydrogen) atoms. The maximum atomic E-state index is 5.55. The van der Waals surface area contributed by atoms with Gasteiger partial charge in [-0.2, -0.15) is 5.10 Å². The third kappa shape index (κ3) is 4.64. The molecule has 1 aliphatic heterocycles. The van der Waals surface area contributed by atoms with Crippen LogP contribution in [0.1, 0.15) is 32.9 Å². The van der Waals surface area contributed by atoms with E-state index < -0.39 is 0 Å². The molecule has 0 aliphatic carbocycles. The molecule has 0 bridgehead atoms. The molecule has 1 aromatic rings. The molecule has 2 heterocycles. The quantitative estimate of drug-likeness (QED) is 0.870.